The van der Waals surface area contributed by atoms with Crippen LogP contribution in [0.4, 0.5) is 5.69 Å². The lowest BCUT2D eigenvalue weighted by Crippen LogP contribution is -2.01. The first-order valence-corrected chi connectivity index (χ1v) is 6.93. The summed E-state index contributed by atoms with van der Waals surface area (Å²) >= 11 is 12.4. The molecule has 0 unspecified atom stereocenters. The molecule has 0 atom stereocenters. The first kappa shape index (κ1) is 13.9. The first-order valence-electron chi connectivity index (χ1n) is 6.17. The van der Waals surface area contributed by atoms with Crippen molar-refractivity contribution in [3.63, 3.8) is 0 Å². The molecule has 0 spiro atoms. The monoisotopic (exact) mass is 319 g/mol. The summed E-state index contributed by atoms with van der Waals surface area (Å²) in [5, 5.41) is 12.8. The number of benzene rings is 2. The van der Waals surface area contributed by atoms with Crippen LogP contribution in [0.3, 0.4) is 0 Å². The Morgan fingerprint density at radius 1 is 1.14 bits per heavy atom. The van der Waals surface area contributed by atoms with E-state index in [2.05, 4.69) is 15.5 Å². The van der Waals surface area contributed by atoms with E-state index < -0.39 is 0 Å². The van der Waals surface area contributed by atoms with Gasteiger partial charge in [-0.05, 0) is 47.2 Å². The number of anilines is 1. The maximum Gasteiger partial charge on any atom is 0.188 e. The molecule has 3 rings (SSSR count). The molecule has 0 bridgehead atoms. The number of hydrogen-bond acceptors (Lipinski definition) is 4. The maximum absolute atomic E-state index is 6.24. The predicted molar refractivity (Wildman–Crippen MR) is 83.8 cm³/mol. The Morgan fingerprint density at radius 2 is 1.95 bits per heavy atom. The maximum atomic E-state index is 6.24. The second-order valence-corrected chi connectivity index (χ2v) is 5.34. The van der Waals surface area contributed by atoms with E-state index in [9.17, 15) is 0 Å². The number of aryl methyl sites for hydroxylation is 1. The number of rotatable bonds is 2. The van der Waals surface area contributed by atoms with Crippen molar-refractivity contribution in [2.24, 2.45) is 0 Å². The highest BCUT2D eigenvalue weighted by Gasteiger charge is 2.15. The second kappa shape index (κ2) is 5.35. The fraction of sp³-hybridized carbons (Fsp3) is 0.0714. The van der Waals surface area contributed by atoms with Crippen LogP contribution < -0.4 is 5.73 Å². The lowest BCUT2D eigenvalue weighted by molar-refractivity contribution is 0.791. The Kier molecular flexibility index (Phi) is 3.53. The molecule has 106 valence electrons. The minimum Gasteiger partial charge on any atom is -0.398 e. The summed E-state index contributed by atoms with van der Waals surface area (Å²) in [6.45, 7) is 1.93. The summed E-state index contributed by atoms with van der Waals surface area (Å²) in [6.07, 6.45) is 0. The van der Waals surface area contributed by atoms with Crippen LogP contribution in [-0.2, 0) is 0 Å². The largest absolute Gasteiger partial charge is 0.398 e. The highest BCUT2D eigenvalue weighted by molar-refractivity contribution is 6.35. The van der Waals surface area contributed by atoms with Gasteiger partial charge in [0, 0.05) is 10.6 Å². The van der Waals surface area contributed by atoms with Crippen LogP contribution in [0.25, 0.3) is 17.1 Å². The van der Waals surface area contributed by atoms with Gasteiger partial charge in [-0.2, -0.15) is 4.68 Å². The van der Waals surface area contributed by atoms with Gasteiger partial charge in [-0.3, -0.25) is 0 Å². The molecule has 1 heterocycles. The molecule has 5 nitrogen and oxygen atoms in total. The Balaban J connectivity index is 2.17. The molecule has 2 N–H and O–H groups in total. The van der Waals surface area contributed by atoms with Crippen LogP contribution >= 0.6 is 23.2 Å². The smallest absolute Gasteiger partial charge is 0.188 e. The molecule has 0 saturated heterocycles. The van der Waals surface area contributed by atoms with E-state index >= 15 is 0 Å². The van der Waals surface area contributed by atoms with Gasteiger partial charge in [0.25, 0.3) is 0 Å². The van der Waals surface area contributed by atoms with Crippen LogP contribution in [0, 0.1) is 6.92 Å². The fourth-order valence-electron chi connectivity index (χ4n) is 1.97. The van der Waals surface area contributed by atoms with E-state index in [0.29, 0.717) is 27.1 Å². The summed E-state index contributed by atoms with van der Waals surface area (Å²) in [4.78, 5) is 0. The molecule has 2 aromatic carbocycles. The van der Waals surface area contributed by atoms with Gasteiger partial charge in [0.05, 0.1) is 16.4 Å². The van der Waals surface area contributed by atoms with Gasteiger partial charge in [-0.1, -0.05) is 35.3 Å². The predicted octanol–water partition coefficient (Wildman–Crippen LogP) is 3.53. The third-order valence-corrected chi connectivity index (χ3v) is 3.97. The zero-order valence-electron chi connectivity index (χ0n) is 11.1. The first-order chi connectivity index (χ1) is 10.1. The van der Waals surface area contributed by atoms with E-state index in [4.69, 9.17) is 28.9 Å². The van der Waals surface area contributed by atoms with Crippen LogP contribution in [0.1, 0.15) is 5.56 Å². The molecule has 0 fully saturated rings. The number of nitrogens with two attached hydrogens (primary N) is 1. The van der Waals surface area contributed by atoms with E-state index in [1.807, 2.05) is 25.1 Å². The molecule has 1 aromatic heterocycles. The summed E-state index contributed by atoms with van der Waals surface area (Å²) < 4.78 is 1.58. The molecule has 0 amide bonds. The second-order valence-electron chi connectivity index (χ2n) is 4.56. The van der Waals surface area contributed by atoms with Crippen molar-refractivity contribution in [2.75, 3.05) is 5.73 Å². The van der Waals surface area contributed by atoms with Crippen LogP contribution in [0.2, 0.25) is 10.0 Å². The van der Waals surface area contributed by atoms with Crippen LogP contribution in [0.15, 0.2) is 36.4 Å². The summed E-state index contributed by atoms with van der Waals surface area (Å²) in [5.74, 6) is 0.507. The van der Waals surface area contributed by atoms with Crippen molar-refractivity contribution in [1.82, 2.24) is 20.2 Å². The summed E-state index contributed by atoms with van der Waals surface area (Å²) in [5.41, 5.74) is 8.71. The topological polar surface area (TPSA) is 69.6 Å². The minimum absolute atomic E-state index is 0.423. The van der Waals surface area contributed by atoms with Crippen molar-refractivity contribution in [1.29, 1.82) is 0 Å². The van der Waals surface area contributed by atoms with Crippen molar-refractivity contribution in [3.05, 3.63) is 52.0 Å². The Hall–Kier alpha value is -2.11. The fourth-order valence-corrected chi connectivity index (χ4v) is 2.35. The number of nitrogen functional groups attached to an aromatic ring is 1. The molecule has 0 aliphatic carbocycles. The standard InChI is InChI=1S/C14H11Cl2N5/c1-8-5-6-9(7-11(8)15)21-14(18-19-20-21)10-3-2-4-12(17)13(10)16/h2-7H,17H2,1H3. The molecule has 0 aliphatic heterocycles. The van der Waals surface area contributed by atoms with Crippen molar-refractivity contribution >= 4 is 28.9 Å². The molecule has 0 aliphatic rings. The molecule has 0 radical (unpaired) electrons. The number of tetrazole rings is 1. The van der Waals surface area contributed by atoms with Gasteiger partial charge < -0.3 is 5.73 Å². The Labute approximate surface area is 131 Å². The van der Waals surface area contributed by atoms with Crippen molar-refractivity contribution in [3.8, 4) is 17.1 Å². The highest BCUT2D eigenvalue weighted by Crippen LogP contribution is 2.32. The van der Waals surface area contributed by atoms with Gasteiger partial charge >= 0.3 is 0 Å². The van der Waals surface area contributed by atoms with E-state index in [1.165, 1.54) is 0 Å². The van der Waals surface area contributed by atoms with Crippen molar-refractivity contribution < 1.29 is 0 Å². The SMILES string of the molecule is Cc1ccc(-n2nnnc2-c2cccc(N)c2Cl)cc1Cl. The lowest BCUT2D eigenvalue weighted by atomic mass is 10.1. The van der Waals surface area contributed by atoms with Gasteiger partial charge in [-0.15, -0.1) is 5.10 Å². The number of hydrogen-bond donors (Lipinski definition) is 1. The van der Waals surface area contributed by atoms with Gasteiger partial charge in [0.15, 0.2) is 5.82 Å². The zero-order valence-corrected chi connectivity index (χ0v) is 12.6. The molecule has 7 heteroatoms. The lowest BCUT2D eigenvalue weighted by Gasteiger charge is -2.08. The number of halogens is 2. The number of aromatic nitrogens is 4. The minimum atomic E-state index is 0.423. The third kappa shape index (κ3) is 2.46. The van der Waals surface area contributed by atoms with E-state index in [0.717, 1.165) is 11.3 Å². The van der Waals surface area contributed by atoms with Crippen LogP contribution in [-0.4, -0.2) is 20.2 Å². The third-order valence-electron chi connectivity index (χ3n) is 3.14. The highest BCUT2D eigenvalue weighted by atomic mass is 35.5. The summed E-state index contributed by atoms with van der Waals surface area (Å²) in [7, 11) is 0. The van der Waals surface area contributed by atoms with Crippen molar-refractivity contribution in [2.45, 2.75) is 6.92 Å². The van der Waals surface area contributed by atoms with Crippen LogP contribution in [0.5, 0.6) is 0 Å². The van der Waals surface area contributed by atoms with E-state index in [-0.39, 0.29) is 0 Å². The van der Waals surface area contributed by atoms with Gasteiger partial charge in [0.1, 0.15) is 0 Å². The molecular formula is C14H11Cl2N5. The molecule has 3 aromatic rings. The zero-order chi connectivity index (χ0) is 15.0. The average Bonchev–Trinajstić information content (AvgIpc) is 2.94. The quantitative estimate of drug-likeness (QED) is 0.733. The summed E-state index contributed by atoms with van der Waals surface area (Å²) in [6, 6.07) is 10.9. The number of nitrogens with zero attached hydrogens (tertiary/aromatic N) is 4. The van der Waals surface area contributed by atoms with Gasteiger partial charge in [-0.25, -0.2) is 0 Å². The average molecular weight is 320 g/mol. The molecule has 0 saturated carbocycles. The Morgan fingerprint density at radius 3 is 2.71 bits per heavy atom. The Bertz CT molecular complexity index is 813. The molecular weight excluding hydrogens is 309 g/mol. The van der Waals surface area contributed by atoms with E-state index in [1.54, 1.807) is 22.9 Å². The van der Waals surface area contributed by atoms with Gasteiger partial charge in [0.2, 0.25) is 0 Å². The molecule has 21 heavy (non-hydrogen) atoms. The normalized spacial score (nSPS) is 10.8.